The van der Waals surface area contributed by atoms with Gasteiger partial charge in [0.2, 0.25) is 5.91 Å². The maximum absolute atomic E-state index is 11.7. The van der Waals surface area contributed by atoms with Crippen LogP contribution in [0.25, 0.3) is 0 Å². The van der Waals surface area contributed by atoms with Crippen LogP contribution in [0.4, 0.5) is 0 Å². The molecule has 0 saturated carbocycles. The van der Waals surface area contributed by atoms with E-state index in [2.05, 4.69) is 31.0 Å². The molecule has 2 bridgehead atoms. The number of hydrogen-bond donors (Lipinski definition) is 2. The van der Waals surface area contributed by atoms with E-state index >= 15 is 0 Å². The van der Waals surface area contributed by atoms with Gasteiger partial charge in [0, 0.05) is 17.7 Å². The van der Waals surface area contributed by atoms with Crippen LogP contribution in [0.2, 0.25) is 0 Å². The van der Waals surface area contributed by atoms with Crippen molar-refractivity contribution in [1.82, 2.24) is 5.32 Å². The Bertz CT molecular complexity index is 485. The van der Waals surface area contributed by atoms with E-state index in [1.54, 1.807) is 0 Å². The summed E-state index contributed by atoms with van der Waals surface area (Å²) in [6, 6.07) is 0. The van der Waals surface area contributed by atoms with Gasteiger partial charge in [-0.3, -0.25) is 4.79 Å². The second-order valence-corrected chi connectivity index (χ2v) is 5.21. The molecule has 1 aliphatic heterocycles. The Morgan fingerprint density at radius 3 is 3.00 bits per heavy atom. The molecule has 3 nitrogen and oxygen atoms in total. The standard InChI is InChI=1S/C15H20N2O/c1-4-13-12-7-10(2)9-15(13,16)6-5-14(18)17-11(3)8-12/h4-7,12H,3,8-9,16H2,1-2H3,(H,17,18)/b6-5-,13-4+. The van der Waals surface area contributed by atoms with Gasteiger partial charge in [-0.05, 0) is 32.3 Å². The molecule has 1 aliphatic carbocycles. The van der Waals surface area contributed by atoms with Crippen molar-refractivity contribution >= 4 is 5.91 Å². The Hall–Kier alpha value is -1.61. The largest absolute Gasteiger partial charge is 0.327 e. The van der Waals surface area contributed by atoms with Gasteiger partial charge in [0.1, 0.15) is 0 Å². The zero-order valence-electron chi connectivity index (χ0n) is 11.0. The fourth-order valence-corrected chi connectivity index (χ4v) is 2.96. The molecule has 0 aromatic rings. The molecule has 0 fully saturated rings. The van der Waals surface area contributed by atoms with Gasteiger partial charge in [-0.15, -0.1) is 0 Å². The second-order valence-electron chi connectivity index (χ2n) is 5.21. The predicted molar refractivity (Wildman–Crippen MR) is 73.6 cm³/mol. The molecule has 0 radical (unpaired) electrons. The summed E-state index contributed by atoms with van der Waals surface area (Å²) in [4.78, 5) is 11.7. The molecule has 0 aromatic carbocycles. The van der Waals surface area contributed by atoms with E-state index in [4.69, 9.17) is 5.73 Å². The third-order valence-corrected chi connectivity index (χ3v) is 3.60. The number of nitrogens with one attached hydrogen (secondary N) is 1. The van der Waals surface area contributed by atoms with Gasteiger partial charge in [0.05, 0.1) is 5.54 Å². The molecule has 96 valence electrons. The molecule has 2 atom stereocenters. The number of allylic oxidation sites excluding steroid dienone is 3. The highest BCUT2D eigenvalue weighted by molar-refractivity contribution is 5.89. The first-order chi connectivity index (χ1) is 8.44. The van der Waals surface area contributed by atoms with Crippen molar-refractivity contribution in [1.29, 1.82) is 0 Å². The Kier molecular flexibility index (Phi) is 3.26. The number of nitrogens with two attached hydrogens (primary N) is 1. The minimum absolute atomic E-state index is 0.148. The van der Waals surface area contributed by atoms with Gasteiger partial charge >= 0.3 is 0 Å². The molecule has 2 unspecified atom stereocenters. The number of amides is 1. The van der Waals surface area contributed by atoms with E-state index < -0.39 is 5.54 Å². The summed E-state index contributed by atoms with van der Waals surface area (Å²) >= 11 is 0. The first kappa shape index (κ1) is 12.8. The van der Waals surface area contributed by atoms with Crippen molar-refractivity contribution in [2.45, 2.75) is 32.2 Å². The maximum Gasteiger partial charge on any atom is 0.247 e. The smallest absolute Gasteiger partial charge is 0.247 e. The SMILES string of the molecule is C=C1CC2C=C(C)CC(N)(/C=C\C(=O)N1)/C2=C/C. The molecule has 0 aromatic heterocycles. The Balaban J connectivity index is 2.53. The zero-order valence-corrected chi connectivity index (χ0v) is 11.0. The summed E-state index contributed by atoms with van der Waals surface area (Å²) in [6.07, 6.45) is 9.12. The lowest BCUT2D eigenvalue weighted by Gasteiger charge is -2.37. The summed E-state index contributed by atoms with van der Waals surface area (Å²) in [5, 5.41) is 2.78. The van der Waals surface area contributed by atoms with Gasteiger partial charge < -0.3 is 11.1 Å². The summed E-state index contributed by atoms with van der Waals surface area (Å²) in [5.74, 6) is 0.0785. The van der Waals surface area contributed by atoms with Crippen molar-refractivity contribution < 1.29 is 4.79 Å². The minimum Gasteiger partial charge on any atom is -0.327 e. The highest BCUT2D eigenvalue weighted by Crippen LogP contribution is 2.39. The molecule has 2 rings (SSSR count). The van der Waals surface area contributed by atoms with Gasteiger partial charge in [-0.1, -0.05) is 30.4 Å². The Labute approximate surface area is 108 Å². The fourth-order valence-electron chi connectivity index (χ4n) is 2.96. The van der Waals surface area contributed by atoms with E-state index in [0.717, 1.165) is 12.1 Å². The fraction of sp³-hybridized carbons (Fsp3) is 0.400. The Morgan fingerprint density at radius 1 is 1.61 bits per heavy atom. The first-order valence-corrected chi connectivity index (χ1v) is 6.25. The molecule has 0 spiro atoms. The van der Waals surface area contributed by atoms with Crippen LogP contribution in [-0.2, 0) is 4.79 Å². The molecule has 1 amide bonds. The highest BCUT2D eigenvalue weighted by atomic mass is 16.1. The molecule has 0 saturated heterocycles. The third-order valence-electron chi connectivity index (χ3n) is 3.60. The molecule has 18 heavy (non-hydrogen) atoms. The number of carbonyl (C=O) groups is 1. The number of hydrogen-bond acceptors (Lipinski definition) is 2. The maximum atomic E-state index is 11.7. The average molecular weight is 244 g/mol. The van der Waals surface area contributed by atoms with E-state index in [1.807, 2.05) is 13.0 Å². The zero-order chi connectivity index (χ0) is 13.3. The van der Waals surface area contributed by atoms with Crippen LogP contribution in [0.1, 0.15) is 26.7 Å². The first-order valence-electron chi connectivity index (χ1n) is 6.25. The predicted octanol–water partition coefficient (Wildman–Crippen LogP) is 2.19. The van der Waals surface area contributed by atoms with Crippen molar-refractivity contribution in [3.63, 3.8) is 0 Å². The minimum atomic E-state index is -0.541. The summed E-state index contributed by atoms with van der Waals surface area (Å²) in [6.45, 7) is 8.00. The second kappa shape index (κ2) is 4.58. The van der Waals surface area contributed by atoms with Gasteiger partial charge in [0.15, 0.2) is 0 Å². The molecule has 3 N–H and O–H groups in total. The summed E-state index contributed by atoms with van der Waals surface area (Å²) in [5.41, 5.74) is 9.12. The number of carbonyl (C=O) groups excluding carboxylic acids is 1. The van der Waals surface area contributed by atoms with Gasteiger partial charge in [0.25, 0.3) is 0 Å². The third kappa shape index (κ3) is 2.31. The molecule has 3 heteroatoms. The van der Waals surface area contributed by atoms with Crippen molar-refractivity contribution in [2.75, 3.05) is 0 Å². The average Bonchev–Trinajstić information content (AvgIpc) is 2.27. The number of fused-ring (bicyclic) bond motifs is 2. The lowest BCUT2D eigenvalue weighted by Crippen LogP contribution is -2.44. The van der Waals surface area contributed by atoms with E-state index in [1.165, 1.54) is 17.2 Å². The van der Waals surface area contributed by atoms with Crippen LogP contribution in [0.5, 0.6) is 0 Å². The molecule has 2 aliphatic rings. The number of rotatable bonds is 0. The van der Waals surface area contributed by atoms with Gasteiger partial charge in [-0.25, -0.2) is 0 Å². The highest BCUT2D eigenvalue weighted by Gasteiger charge is 2.35. The monoisotopic (exact) mass is 244 g/mol. The lowest BCUT2D eigenvalue weighted by molar-refractivity contribution is -0.115. The van der Waals surface area contributed by atoms with E-state index in [9.17, 15) is 4.79 Å². The van der Waals surface area contributed by atoms with E-state index in [0.29, 0.717) is 6.42 Å². The van der Waals surface area contributed by atoms with Crippen LogP contribution < -0.4 is 11.1 Å². The van der Waals surface area contributed by atoms with Crippen molar-refractivity contribution in [3.8, 4) is 0 Å². The van der Waals surface area contributed by atoms with Crippen LogP contribution in [0.3, 0.4) is 0 Å². The summed E-state index contributed by atoms with van der Waals surface area (Å²) < 4.78 is 0. The lowest BCUT2D eigenvalue weighted by atomic mass is 9.71. The molecular formula is C15H20N2O. The van der Waals surface area contributed by atoms with E-state index in [-0.39, 0.29) is 11.8 Å². The van der Waals surface area contributed by atoms with Crippen LogP contribution in [0.15, 0.2) is 47.7 Å². The molecule has 1 heterocycles. The van der Waals surface area contributed by atoms with Crippen molar-refractivity contribution in [2.24, 2.45) is 11.7 Å². The quantitative estimate of drug-likeness (QED) is 0.642. The summed E-state index contributed by atoms with van der Waals surface area (Å²) in [7, 11) is 0. The topological polar surface area (TPSA) is 55.1 Å². The van der Waals surface area contributed by atoms with Crippen LogP contribution >= 0.6 is 0 Å². The Morgan fingerprint density at radius 2 is 2.33 bits per heavy atom. The van der Waals surface area contributed by atoms with Gasteiger partial charge in [-0.2, -0.15) is 0 Å². The van der Waals surface area contributed by atoms with Crippen LogP contribution in [-0.4, -0.2) is 11.4 Å². The van der Waals surface area contributed by atoms with Crippen LogP contribution in [0, 0.1) is 5.92 Å². The van der Waals surface area contributed by atoms with Crippen molar-refractivity contribution in [3.05, 3.63) is 47.7 Å². The normalized spacial score (nSPS) is 36.3. The molecular weight excluding hydrogens is 224 g/mol.